The minimum Gasteiger partial charge on any atom is -0.307 e. The van der Waals surface area contributed by atoms with Gasteiger partial charge in [-0.3, -0.25) is 4.57 Å². The van der Waals surface area contributed by atoms with E-state index in [0.717, 1.165) is 99.4 Å². The van der Waals surface area contributed by atoms with E-state index in [0.29, 0.717) is 39.2 Å². The van der Waals surface area contributed by atoms with Gasteiger partial charge in [-0.2, -0.15) is 26.3 Å². The Labute approximate surface area is 413 Å². The second kappa shape index (κ2) is 17.4. The molecule has 0 aliphatic carbocycles. The summed E-state index contributed by atoms with van der Waals surface area (Å²) in [6, 6.07) is 77.0. The third-order valence-electron chi connectivity index (χ3n) is 13.5. The molecule has 12 aromatic rings. The zero-order valence-corrected chi connectivity index (χ0v) is 38.2. The highest BCUT2D eigenvalue weighted by Gasteiger charge is 2.23. The molecule has 0 aliphatic rings. The van der Waals surface area contributed by atoms with Crippen molar-refractivity contribution in [2.24, 2.45) is 0 Å². The minimum absolute atomic E-state index is 0.487. The Morgan fingerprint density at radius 3 is 1.04 bits per heavy atom. The van der Waals surface area contributed by atoms with Gasteiger partial charge in [0, 0.05) is 32.7 Å². The van der Waals surface area contributed by atoms with Crippen LogP contribution in [-0.4, -0.2) is 14.1 Å². The molecule has 0 amide bonds. The molecule has 0 bridgehead atoms. The van der Waals surface area contributed by atoms with E-state index in [9.17, 15) is 26.3 Å². The zero-order chi connectivity index (χ0) is 48.9. The molecule has 0 fully saturated rings. The largest absolute Gasteiger partial charge is 0.307 e. The van der Waals surface area contributed by atoms with E-state index in [1.165, 1.54) is 0 Å². The lowest BCUT2D eigenvalue weighted by molar-refractivity contribution is 1.06. The summed E-state index contributed by atoms with van der Waals surface area (Å²) in [6.07, 6.45) is 1.89. The molecule has 0 unspecified atom stereocenters. The van der Waals surface area contributed by atoms with E-state index in [-0.39, 0.29) is 0 Å². The molecule has 0 spiro atoms. The normalized spacial score (nSPS) is 11.0. The maximum atomic E-state index is 10.8. The van der Waals surface area contributed by atoms with Crippen molar-refractivity contribution in [2.45, 2.75) is 0 Å². The van der Waals surface area contributed by atoms with Gasteiger partial charge in [0.25, 0.3) is 0 Å². The lowest BCUT2D eigenvalue weighted by atomic mass is 9.99. The lowest BCUT2D eigenvalue weighted by Gasteiger charge is -2.18. The number of pyridine rings is 1. The quantitative estimate of drug-likeness (QED) is 0.156. The van der Waals surface area contributed by atoms with E-state index in [2.05, 4.69) is 118 Å². The molecule has 0 N–H and O–H groups in total. The number of fused-ring (bicyclic) bond motifs is 6. The molecule has 72 heavy (non-hydrogen) atoms. The molecule has 0 saturated heterocycles. The average Bonchev–Trinajstić information content (AvgIpc) is 3.96. The third-order valence-corrected chi connectivity index (χ3v) is 13.5. The highest BCUT2D eigenvalue weighted by molar-refractivity contribution is 6.13. The lowest BCUT2D eigenvalue weighted by Crippen LogP contribution is -2.04. The van der Waals surface area contributed by atoms with Crippen molar-refractivity contribution in [3.05, 3.63) is 234 Å². The molecule has 0 saturated carbocycles. The number of hydrogen-bond donors (Lipinski definition) is 0. The molecular formula is C64H34N8. The van der Waals surface area contributed by atoms with Crippen molar-refractivity contribution < 1.29 is 0 Å². The average molecular weight is 915 g/mol. The highest BCUT2D eigenvalue weighted by atomic mass is 15.1. The first kappa shape index (κ1) is 42.5. The second-order valence-corrected chi connectivity index (χ2v) is 17.6. The van der Waals surface area contributed by atoms with Gasteiger partial charge in [-0.05, 0) is 129 Å². The van der Waals surface area contributed by atoms with Gasteiger partial charge < -0.3 is 4.57 Å². The van der Waals surface area contributed by atoms with Gasteiger partial charge in [0.2, 0.25) is 0 Å². The number of aromatic nitrogens is 3. The summed E-state index contributed by atoms with van der Waals surface area (Å²) in [5.41, 5.74) is 15.8. The Morgan fingerprint density at radius 1 is 0.306 bits per heavy atom. The summed E-state index contributed by atoms with van der Waals surface area (Å²) < 4.78 is 4.38. The molecule has 0 radical (unpaired) electrons. The van der Waals surface area contributed by atoms with Crippen molar-refractivity contribution >= 4 is 43.6 Å². The van der Waals surface area contributed by atoms with Crippen molar-refractivity contribution in [1.82, 2.24) is 14.1 Å². The summed E-state index contributed by atoms with van der Waals surface area (Å²) in [5.74, 6) is 0.608. The molecule has 3 heterocycles. The van der Waals surface area contributed by atoms with E-state index in [1.807, 2.05) is 103 Å². The molecule has 8 nitrogen and oxygen atoms in total. The predicted octanol–water partition coefficient (Wildman–Crippen LogP) is 15.0. The summed E-state index contributed by atoms with van der Waals surface area (Å²) in [7, 11) is 0. The van der Waals surface area contributed by atoms with Gasteiger partial charge in [-0.15, -0.1) is 0 Å². The van der Waals surface area contributed by atoms with Gasteiger partial charge in [0.15, 0.2) is 0 Å². The summed E-state index contributed by atoms with van der Waals surface area (Å²) >= 11 is 0. The van der Waals surface area contributed by atoms with Gasteiger partial charge in [0.05, 0.1) is 92.1 Å². The predicted molar refractivity (Wildman–Crippen MR) is 284 cm³/mol. The van der Waals surface area contributed by atoms with Crippen LogP contribution < -0.4 is 0 Å². The van der Waals surface area contributed by atoms with Crippen LogP contribution in [0.3, 0.4) is 0 Å². The Kier molecular flexibility index (Phi) is 10.3. The first-order valence-electron chi connectivity index (χ1n) is 23.1. The van der Waals surface area contributed by atoms with Crippen LogP contribution in [0, 0.1) is 56.7 Å². The topological polar surface area (TPSA) is 142 Å². The van der Waals surface area contributed by atoms with Crippen molar-refractivity contribution in [2.75, 3.05) is 0 Å². The van der Waals surface area contributed by atoms with E-state index in [1.54, 1.807) is 24.3 Å². The standard InChI is InChI=1S/C64H34N8/c65-34-40-7-3-12-44(25-40)48-17-21-54-55-22-18-49(45-13-4-8-41(26-45)35-66)30-60(55)71(59(54)29-48)63-39-70-64(33-58(63)53-16-2-1-11-52(53)38-69)72-61-31-50(46-14-5-9-42(27-46)36-67)19-23-56(61)57-24-20-51(32-62(57)72)47-15-6-10-43(28-47)37-68/h1-33,39H. The summed E-state index contributed by atoms with van der Waals surface area (Å²) in [6.45, 7) is 0. The van der Waals surface area contributed by atoms with Gasteiger partial charge in [0.1, 0.15) is 5.82 Å². The van der Waals surface area contributed by atoms with Gasteiger partial charge in [-0.1, -0.05) is 115 Å². The summed E-state index contributed by atoms with van der Waals surface area (Å²) in [4.78, 5) is 5.40. The van der Waals surface area contributed by atoms with E-state index in [4.69, 9.17) is 4.98 Å². The Hall–Kier alpha value is -10.8. The van der Waals surface area contributed by atoms with Crippen LogP contribution in [-0.2, 0) is 0 Å². The fourth-order valence-corrected chi connectivity index (χ4v) is 10.1. The van der Waals surface area contributed by atoms with Crippen LogP contribution in [0.4, 0.5) is 0 Å². The fourth-order valence-electron chi connectivity index (χ4n) is 10.1. The number of hydrogen-bond acceptors (Lipinski definition) is 6. The number of nitriles is 5. The van der Waals surface area contributed by atoms with Gasteiger partial charge >= 0.3 is 0 Å². The fraction of sp³-hybridized carbons (Fsp3) is 0. The number of rotatable bonds is 7. The van der Waals surface area contributed by atoms with E-state index < -0.39 is 0 Å². The third kappa shape index (κ3) is 7.17. The molecule has 12 rings (SSSR count). The van der Waals surface area contributed by atoms with Crippen molar-refractivity contribution in [3.63, 3.8) is 0 Å². The van der Waals surface area contributed by atoms with Crippen LogP contribution >= 0.6 is 0 Å². The molecule has 0 aliphatic heterocycles. The van der Waals surface area contributed by atoms with Crippen molar-refractivity contribution in [3.8, 4) is 97.5 Å². The maximum absolute atomic E-state index is 10.8. The minimum atomic E-state index is 0.487. The monoisotopic (exact) mass is 914 g/mol. The van der Waals surface area contributed by atoms with Crippen LogP contribution in [0.15, 0.2) is 206 Å². The van der Waals surface area contributed by atoms with Crippen LogP contribution in [0.1, 0.15) is 27.8 Å². The first-order chi connectivity index (χ1) is 35.4. The Bertz CT molecular complexity index is 4250. The van der Waals surface area contributed by atoms with Crippen LogP contribution in [0.5, 0.6) is 0 Å². The Balaban J connectivity index is 1.17. The maximum Gasteiger partial charge on any atom is 0.138 e. The summed E-state index contributed by atoms with van der Waals surface area (Å²) in [5, 5.41) is 54.1. The van der Waals surface area contributed by atoms with Crippen LogP contribution in [0.2, 0.25) is 0 Å². The highest BCUT2D eigenvalue weighted by Crippen LogP contribution is 2.43. The molecule has 0 atom stereocenters. The SMILES string of the molecule is N#Cc1cccc(-c2ccc3c4ccc(-c5cccc(C#N)c5)cc4n(-c4cc(-c5ccccc5C#N)c(-n5c6cc(-c7cccc(C#N)c7)ccc6c6ccc(-c7cccc(C#N)c7)cc65)cn4)c3c2)c1. The molecule has 330 valence electrons. The molecule has 8 heteroatoms. The zero-order valence-electron chi connectivity index (χ0n) is 38.2. The van der Waals surface area contributed by atoms with Crippen LogP contribution in [0.25, 0.3) is 111 Å². The van der Waals surface area contributed by atoms with Gasteiger partial charge in [-0.25, -0.2) is 4.98 Å². The Morgan fingerprint density at radius 2 is 0.667 bits per heavy atom. The smallest absolute Gasteiger partial charge is 0.138 e. The number of nitrogens with zero attached hydrogens (tertiary/aromatic N) is 8. The van der Waals surface area contributed by atoms with E-state index >= 15 is 0 Å². The second-order valence-electron chi connectivity index (χ2n) is 17.6. The first-order valence-corrected chi connectivity index (χ1v) is 23.1. The molecule has 9 aromatic carbocycles. The molecular weight excluding hydrogens is 881 g/mol. The van der Waals surface area contributed by atoms with Crippen molar-refractivity contribution in [1.29, 1.82) is 26.3 Å². The molecule has 3 aromatic heterocycles. The number of benzene rings is 9.